The third-order valence-corrected chi connectivity index (χ3v) is 3.18. The first kappa shape index (κ1) is 11.3. The van der Waals surface area contributed by atoms with Crippen molar-refractivity contribution in [2.45, 2.75) is 31.7 Å². The average molecular weight is 202 g/mol. The summed E-state index contributed by atoms with van der Waals surface area (Å²) in [5.41, 5.74) is 0. The highest BCUT2D eigenvalue weighted by molar-refractivity contribution is 7.98. The Morgan fingerprint density at radius 3 is 3.08 bits per heavy atom. The molecule has 1 heterocycles. The third kappa shape index (κ3) is 5.55. The minimum Gasteiger partial charge on any atom is -0.317 e. The van der Waals surface area contributed by atoms with E-state index in [2.05, 4.69) is 16.9 Å². The highest BCUT2D eigenvalue weighted by Gasteiger charge is 2.09. The van der Waals surface area contributed by atoms with Crippen molar-refractivity contribution < 1.29 is 0 Å². The first-order valence-electron chi connectivity index (χ1n) is 5.36. The minimum atomic E-state index is 0.764. The molecule has 1 rings (SSSR count). The van der Waals surface area contributed by atoms with E-state index < -0.39 is 0 Å². The molecule has 0 radical (unpaired) electrons. The van der Waals surface area contributed by atoms with Gasteiger partial charge in [-0.1, -0.05) is 6.42 Å². The van der Waals surface area contributed by atoms with Crippen LogP contribution in [0, 0.1) is 0 Å². The van der Waals surface area contributed by atoms with Gasteiger partial charge in [-0.2, -0.15) is 11.8 Å². The molecule has 13 heavy (non-hydrogen) atoms. The molecular formula is C10H22N2S. The lowest BCUT2D eigenvalue weighted by Crippen LogP contribution is -2.35. The Labute approximate surface area is 86.2 Å². The van der Waals surface area contributed by atoms with E-state index in [1.54, 1.807) is 0 Å². The van der Waals surface area contributed by atoms with E-state index in [1.807, 2.05) is 11.8 Å². The molecule has 0 saturated carbocycles. The second kappa shape index (κ2) is 7.65. The van der Waals surface area contributed by atoms with Crippen LogP contribution in [-0.2, 0) is 0 Å². The van der Waals surface area contributed by atoms with Crippen LogP contribution in [0.1, 0.15) is 25.7 Å². The molecule has 1 saturated heterocycles. The van der Waals surface area contributed by atoms with Gasteiger partial charge in [0.15, 0.2) is 0 Å². The summed E-state index contributed by atoms with van der Waals surface area (Å²) in [6.45, 7) is 3.58. The van der Waals surface area contributed by atoms with Gasteiger partial charge in [-0.15, -0.1) is 0 Å². The van der Waals surface area contributed by atoms with E-state index in [0.29, 0.717) is 0 Å². The normalized spacial score (nSPS) is 25.2. The zero-order valence-electron chi connectivity index (χ0n) is 8.64. The van der Waals surface area contributed by atoms with Gasteiger partial charge in [0.1, 0.15) is 0 Å². The molecule has 0 aliphatic carbocycles. The summed E-state index contributed by atoms with van der Waals surface area (Å²) in [6, 6.07) is 0.764. The van der Waals surface area contributed by atoms with E-state index in [-0.39, 0.29) is 0 Å². The van der Waals surface area contributed by atoms with Gasteiger partial charge >= 0.3 is 0 Å². The molecule has 0 bridgehead atoms. The molecule has 1 fully saturated rings. The molecule has 2 nitrogen and oxygen atoms in total. The van der Waals surface area contributed by atoms with Gasteiger partial charge in [-0.05, 0) is 38.6 Å². The topological polar surface area (TPSA) is 24.1 Å². The molecule has 0 aromatic heterocycles. The van der Waals surface area contributed by atoms with Crippen molar-refractivity contribution in [3.63, 3.8) is 0 Å². The fourth-order valence-electron chi connectivity index (χ4n) is 1.76. The summed E-state index contributed by atoms with van der Waals surface area (Å²) in [5, 5.41) is 7.09. The van der Waals surface area contributed by atoms with Gasteiger partial charge < -0.3 is 10.6 Å². The molecule has 78 valence electrons. The maximum Gasteiger partial charge on any atom is 0.00794 e. The Morgan fingerprint density at radius 1 is 1.31 bits per heavy atom. The van der Waals surface area contributed by atoms with Gasteiger partial charge in [0.25, 0.3) is 0 Å². The molecule has 1 aliphatic rings. The minimum absolute atomic E-state index is 0.764. The monoisotopic (exact) mass is 202 g/mol. The Hall–Kier alpha value is 0.270. The number of hydrogen-bond acceptors (Lipinski definition) is 3. The Morgan fingerprint density at radius 2 is 2.23 bits per heavy atom. The molecular weight excluding hydrogens is 180 g/mol. The van der Waals surface area contributed by atoms with E-state index in [0.717, 1.165) is 6.04 Å². The van der Waals surface area contributed by atoms with Gasteiger partial charge in [0.2, 0.25) is 0 Å². The summed E-state index contributed by atoms with van der Waals surface area (Å²) < 4.78 is 0. The quantitative estimate of drug-likeness (QED) is 0.675. The summed E-state index contributed by atoms with van der Waals surface area (Å²) >= 11 is 1.92. The second-order valence-electron chi connectivity index (χ2n) is 3.68. The van der Waals surface area contributed by atoms with Crippen LogP contribution in [0.2, 0.25) is 0 Å². The lowest BCUT2D eigenvalue weighted by molar-refractivity contribution is 0.407. The Balaban J connectivity index is 2.06. The molecule has 2 N–H and O–H groups in total. The maximum absolute atomic E-state index is 3.63. The van der Waals surface area contributed by atoms with Crippen molar-refractivity contribution >= 4 is 11.8 Å². The Bertz CT molecular complexity index is 111. The van der Waals surface area contributed by atoms with Gasteiger partial charge in [-0.25, -0.2) is 0 Å². The number of rotatable bonds is 4. The van der Waals surface area contributed by atoms with Crippen LogP contribution in [0.3, 0.4) is 0 Å². The molecule has 0 aromatic carbocycles. The van der Waals surface area contributed by atoms with Crippen LogP contribution < -0.4 is 10.6 Å². The van der Waals surface area contributed by atoms with Crippen LogP contribution in [0.4, 0.5) is 0 Å². The molecule has 1 atom stereocenters. The number of hydrogen-bond donors (Lipinski definition) is 2. The van der Waals surface area contributed by atoms with Gasteiger partial charge in [0, 0.05) is 18.3 Å². The zero-order valence-corrected chi connectivity index (χ0v) is 9.46. The SMILES string of the molecule is CSCCNC1CCCCNCC1. The van der Waals surface area contributed by atoms with Crippen LogP contribution in [-0.4, -0.2) is 37.7 Å². The molecule has 0 spiro atoms. The van der Waals surface area contributed by atoms with E-state index >= 15 is 0 Å². The molecule has 0 amide bonds. The molecule has 1 unspecified atom stereocenters. The first-order valence-corrected chi connectivity index (χ1v) is 6.76. The van der Waals surface area contributed by atoms with Crippen LogP contribution in [0.15, 0.2) is 0 Å². The summed E-state index contributed by atoms with van der Waals surface area (Å²) in [7, 11) is 0. The highest BCUT2D eigenvalue weighted by atomic mass is 32.2. The van der Waals surface area contributed by atoms with Crippen molar-refractivity contribution in [1.29, 1.82) is 0 Å². The fraction of sp³-hybridized carbons (Fsp3) is 1.00. The summed E-state index contributed by atoms with van der Waals surface area (Å²) in [6.07, 6.45) is 7.57. The fourth-order valence-corrected chi connectivity index (χ4v) is 2.08. The lowest BCUT2D eigenvalue weighted by atomic mass is 10.0. The first-order chi connectivity index (χ1) is 6.43. The van der Waals surface area contributed by atoms with Crippen molar-refractivity contribution in [1.82, 2.24) is 10.6 Å². The number of nitrogens with one attached hydrogen (secondary N) is 2. The standard InChI is InChI=1S/C10H22N2S/c1-13-9-8-12-10-4-2-3-6-11-7-5-10/h10-12H,2-9H2,1H3. The zero-order chi connectivity index (χ0) is 9.36. The van der Waals surface area contributed by atoms with E-state index in [1.165, 1.54) is 51.1 Å². The predicted molar refractivity (Wildman–Crippen MR) is 61.5 cm³/mol. The van der Waals surface area contributed by atoms with E-state index in [9.17, 15) is 0 Å². The van der Waals surface area contributed by atoms with Crippen molar-refractivity contribution in [3.05, 3.63) is 0 Å². The number of thioether (sulfide) groups is 1. The molecule has 3 heteroatoms. The van der Waals surface area contributed by atoms with Crippen molar-refractivity contribution in [2.24, 2.45) is 0 Å². The Kier molecular flexibility index (Phi) is 6.68. The van der Waals surface area contributed by atoms with Crippen molar-refractivity contribution in [2.75, 3.05) is 31.6 Å². The predicted octanol–water partition coefficient (Wildman–Crippen LogP) is 1.47. The second-order valence-corrected chi connectivity index (χ2v) is 4.66. The maximum atomic E-state index is 3.63. The third-order valence-electron chi connectivity index (χ3n) is 2.56. The van der Waals surface area contributed by atoms with Gasteiger partial charge in [-0.3, -0.25) is 0 Å². The van der Waals surface area contributed by atoms with E-state index in [4.69, 9.17) is 0 Å². The highest BCUT2D eigenvalue weighted by Crippen LogP contribution is 2.06. The van der Waals surface area contributed by atoms with Crippen LogP contribution in [0.25, 0.3) is 0 Å². The van der Waals surface area contributed by atoms with Crippen LogP contribution >= 0.6 is 11.8 Å². The molecule has 1 aliphatic heterocycles. The smallest absolute Gasteiger partial charge is 0.00794 e. The van der Waals surface area contributed by atoms with Crippen LogP contribution in [0.5, 0.6) is 0 Å². The molecule has 0 aromatic rings. The summed E-state index contributed by atoms with van der Waals surface area (Å²) in [4.78, 5) is 0. The van der Waals surface area contributed by atoms with Gasteiger partial charge in [0.05, 0.1) is 0 Å². The average Bonchev–Trinajstić information content (AvgIpc) is 2.08. The lowest BCUT2D eigenvalue weighted by Gasteiger charge is -2.21. The largest absolute Gasteiger partial charge is 0.317 e. The summed E-state index contributed by atoms with van der Waals surface area (Å²) in [5.74, 6) is 1.24. The van der Waals surface area contributed by atoms with Crippen molar-refractivity contribution in [3.8, 4) is 0 Å².